The van der Waals surface area contributed by atoms with Gasteiger partial charge in [-0.3, -0.25) is 0 Å². The van der Waals surface area contributed by atoms with Gasteiger partial charge in [-0.25, -0.2) is 0 Å². The van der Waals surface area contributed by atoms with Crippen LogP contribution in [0.3, 0.4) is 0 Å². The molecule has 0 unspecified atom stereocenters. The molecule has 0 atom stereocenters. The Morgan fingerprint density at radius 2 is 0.969 bits per heavy atom. The molecule has 64 heavy (non-hydrogen) atoms. The summed E-state index contributed by atoms with van der Waals surface area (Å²) >= 11 is 0. The molecule has 0 aliphatic heterocycles. The molecule has 1 saturated carbocycles. The van der Waals surface area contributed by atoms with Crippen molar-refractivity contribution in [3.63, 3.8) is 0 Å². The van der Waals surface area contributed by atoms with Crippen molar-refractivity contribution in [2.75, 3.05) is 4.90 Å². The predicted octanol–water partition coefficient (Wildman–Crippen LogP) is 17.4. The first-order chi connectivity index (χ1) is 31.4. The Kier molecular flexibility index (Phi) is 10.2. The van der Waals surface area contributed by atoms with E-state index in [2.05, 4.69) is 238 Å². The van der Waals surface area contributed by atoms with E-state index in [9.17, 15) is 0 Å². The van der Waals surface area contributed by atoms with E-state index < -0.39 is 5.41 Å². The van der Waals surface area contributed by atoms with Crippen LogP contribution in [0.1, 0.15) is 92.2 Å². The number of para-hydroxylation sites is 1. The first kappa shape index (κ1) is 39.9. The van der Waals surface area contributed by atoms with Crippen LogP contribution in [0, 0.1) is 0 Å². The fourth-order valence-electron chi connectivity index (χ4n) is 11.3. The molecule has 2 aliphatic carbocycles. The number of fused-ring (bicyclic) bond motifs is 4. The van der Waals surface area contributed by atoms with Crippen LogP contribution in [0.4, 0.5) is 17.1 Å². The highest BCUT2D eigenvalue weighted by atomic mass is 15.1. The van der Waals surface area contributed by atoms with Gasteiger partial charge in [0, 0.05) is 16.9 Å². The molecule has 0 aromatic heterocycles. The van der Waals surface area contributed by atoms with Crippen LogP contribution in [0.5, 0.6) is 0 Å². The second-order valence-electron chi connectivity index (χ2n) is 19.0. The molecular weight excluding hydrogens is 771 g/mol. The van der Waals surface area contributed by atoms with Crippen molar-refractivity contribution in [1.82, 2.24) is 0 Å². The molecule has 11 rings (SSSR count). The lowest BCUT2D eigenvalue weighted by Gasteiger charge is -2.34. The molecule has 0 bridgehead atoms. The minimum Gasteiger partial charge on any atom is -0.310 e. The van der Waals surface area contributed by atoms with E-state index in [0.29, 0.717) is 5.92 Å². The fraction of sp³-hybridized carbons (Fsp3) is 0.175. The Morgan fingerprint density at radius 1 is 0.438 bits per heavy atom. The van der Waals surface area contributed by atoms with Gasteiger partial charge in [-0.05, 0) is 126 Å². The van der Waals surface area contributed by atoms with Crippen molar-refractivity contribution in [2.24, 2.45) is 0 Å². The number of hydrogen-bond donors (Lipinski definition) is 0. The summed E-state index contributed by atoms with van der Waals surface area (Å²) in [5.74, 6) is 0.594. The second-order valence-corrected chi connectivity index (χ2v) is 19.0. The minimum absolute atomic E-state index is 0.0502. The molecule has 9 aromatic rings. The standard InChI is InChI=1S/C63H55N/c1-62(2,3)47-38-42-51(43-39-47)64(59-35-16-14-28-54(59)55-32-18-23-46-22-17-30-52(60(46)55)44-20-7-4-8-21-44)50-40-36-45(37-41-50)53-31-19-34-58-61(53)56-29-13-15-33-57(56)63(58,48-24-9-5-10-25-48)49-26-11-6-12-27-49/h5-6,9-19,22-44H,4,7-8,20-21H2,1-3H3. The van der Waals surface area contributed by atoms with Crippen molar-refractivity contribution < 1.29 is 0 Å². The summed E-state index contributed by atoms with van der Waals surface area (Å²) in [7, 11) is 0. The Balaban J connectivity index is 1.08. The van der Waals surface area contributed by atoms with Crippen LogP contribution in [-0.2, 0) is 10.8 Å². The third-order valence-corrected chi connectivity index (χ3v) is 14.3. The van der Waals surface area contributed by atoms with Crippen LogP contribution in [0.15, 0.2) is 212 Å². The van der Waals surface area contributed by atoms with Crippen molar-refractivity contribution >= 4 is 27.8 Å². The molecule has 0 radical (unpaired) electrons. The van der Waals surface area contributed by atoms with Crippen molar-refractivity contribution in [3.8, 4) is 33.4 Å². The molecule has 0 saturated heterocycles. The first-order valence-corrected chi connectivity index (χ1v) is 23.4. The van der Waals surface area contributed by atoms with Crippen molar-refractivity contribution in [1.29, 1.82) is 0 Å². The lowest BCUT2D eigenvalue weighted by molar-refractivity contribution is 0.445. The van der Waals surface area contributed by atoms with Gasteiger partial charge in [0.15, 0.2) is 0 Å². The maximum Gasteiger partial charge on any atom is 0.0713 e. The van der Waals surface area contributed by atoms with Gasteiger partial charge in [-0.1, -0.05) is 222 Å². The Bertz CT molecular complexity index is 3050. The van der Waals surface area contributed by atoms with Gasteiger partial charge in [0.2, 0.25) is 0 Å². The lowest BCUT2D eigenvalue weighted by Crippen LogP contribution is -2.28. The number of rotatable bonds is 8. The maximum absolute atomic E-state index is 2.48. The molecule has 312 valence electrons. The molecule has 0 amide bonds. The highest BCUT2D eigenvalue weighted by Crippen LogP contribution is 2.58. The van der Waals surface area contributed by atoms with Crippen molar-refractivity contribution in [2.45, 2.75) is 69.6 Å². The number of anilines is 3. The number of benzene rings is 9. The third-order valence-electron chi connectivity index (χ3n) is 14.3. The summed E-state index contributed by atoms with van der Waals surface area (Å²) in [5, 5.41) is 2.73. The zero-order valence-corrected chi connectivity index (χ0v) is 37.3. The zero-order valence-electron chi connectivity index (χ0n) is 37.3. The molecule has 0 heterocycles. The van der Waals surface area contributed by atoms with E-state index in [1.807, 2.05) is 0 Å². The molecule has 1 heteroatoms. The largest absolute Gasteiger partial charge is 0.310 e. The molecule has 0 spiro atoms. The topological polar surface area (TPSA) is 3.24 Å². The van der Waals surface area contributed by atoms with Gasteiger partial charge < -0.3 is 4.90 Å². The summed E-state index contributed by atoms with van der Waals surface area (Å²) < 4.78 is 0. The minimum atomic E-state index is -0.442. The number of hydrogen-bond acceptors (Lipinski definition) is 1. The quantitative estimate of drug-likeness (QED) is 0.148. The summed E-state index contributed by atoms with van der Waals surface area (Å²) in [6.45, 7) is 6.88. The van der Waals surface area contributed by atoms with E-state index in [1.165, 1.54) is 115 Å². The van der Waals surface area contributed by atoms with Gasteiger partial charge >= 0.3 is 0 Å². The van der Waals surface area contributed by atoms with E-state index in [0.717, 1.165) is 11.4 Å². The lowest BCUT2D eigenvalue weighted by atomic mass is 9.67. The van der Waals surface area contributed by atoms with E-state index in [4.69, 9.17) is 0 Å². The average molecular weight is 826 g/mol. The van der Waals surface area contributed by atoms with Crippen LogP contribution in [0.2, 0.25) is 0 Å². The molecule has 1 fully saturated rings. The van der Waals surface area contributed by atoms with Gasteiger partial charge in [0.25, 0.3) is 0 Å². The smallest absolute Gasteiger partial charge is 0.0713 e. The third kappa shape index (κ3) is 6.69. The Labute approximate surface area is 379 Å². The second kappa shape index (κ2) is 16.3. The van der Waals surface area contributed by atoms with E-state index in [1.54, 1.807) is 0 Å². The van der Waals surface area contributed by atoms with E-state index >= 15 is 0 Å². The molecule has 1 nitrogen and oxygen atoms in total. The van der Waals surface area contributed by atoms with Gasteiger partial charge in [0.1, 0.15) is 0 Å². The maximum atomic E-state index is 2.48. The average Bonchev–Trinajstić information content (AvgIpc) is 3.66. The highest BCUT2D eigenvalue weighted by molar-refractivity contribution is 6.03. The highest BCUT2D eigenvalue weighted by Gasteiger charge is 2.46. The Morgan fingerprint density at radius 3 is 1.64 bits per heavy atom. The first-order valence-electron chi connectivity index (χ1n) is 23.4. The van der Waals surface area contributed by atoms with Crippen LogP contribution in [-0.4, -0.2) is 0 Å². The van der Waals surface area contributed by atoms with Crippen LogP contribution < -0.4 is 4.90 Å². The normalized spacial score (nSPS) is 14.5. The fourth-order valence-corrected chi connectivity index (χ4v) is 11.3. The molecular formula is C63H55N. The predicted molar refractivity (Wildman–Crippen MR) is 271 cm³/mol. The van der Waals surface area contributed by atoms with Gasteiger partial charge in [-0.2, -0.15) is 0 Å². The van der Waals surface area contributed by atoms with Crippen molar-refractivity contribution in [3.05, 3.63) is 246 Å². The van der Waals surface area contributed by atoms with Crippen LogP contribution in [0.25, 0.3) is 44.2 Å². The van der Waals surface area contributed by atoms with Crippen LogP contribution >= 0.6 is 0 Å². The SMILES string of the molecule is CC(C)(C)c1ccc(N(c2ccc(-c3cccc4c3-c3ccccc3C4(c3ccccc3)c3ccccc3)cc2)c2ccccc2-c2cccc3cccc(C4CCCCC4)c23)cc1. The Hall–Kier alpha value is -6.96. The number of nitrogens with zero attached hydrogens (tertiary/aromatic N) is 1. The van der Waals surface area contributed by atoms with Gasteiger partial charge in [-0.15, -0.1) is 0 Å². The monoisotopic (exact) mass is 825 g/mol. The summed E-state index contributed by atoms with van der Waals surface area (Å²) in [4.78, 5) is 2.48. The van der Waals surface area contributed by atoms with Gasteiger partial charge in [0.05, 0.1) is 11.1 Å². The summed E-state index contributed by atoms with van der Waals surface area (Å²) in [6.07, 6.45) is 6.51. The zero-order chi connectivity index (χ0) is 43.3. The molecule has 9 aromatic carbocycles. The molecule has 0 N–H and O–H groups in total. The summed E-state index contributed by atoms with van der Waals surface area (Å²) in [6, 6.07) is 79.8. The van der Waals surface area contributed by atoms with E-state index in [-0.39, 0.29) is 5.41 Å². The molecule has 2 aliphatic rings. The summed E-state index contributed by atoms with van der Waals surface area (Å²) in [5.41, 5.74) is 18.7.